The van der Waals surface area contributed by atoms with Crippen LogP contribution in [0.3, 0.4) is 0 Å². The number of amides is 1. The average Bonchev–Trinajstić information content (AvgIpc) is 2.99. The Kier molecular flexibility index (Phi) is 16.6. The highest BCUT2D eigenvalue weighted by Gasteiger charge is 2.23. The fraction of sp³-hybridized carbons (Fsp3) is 0.639. The van der Waals surface area contributed by atoms with Crippen molar-refractivity contribution in [3.63, 3.8) is 0 Å². The maximum absolute atomic E-state index is 12.6. The van der Waals surface area contributed by atoms with Gasteiger partial charge in [-0.15, -0.1) is 5.11 Å². The Morgan fingerprint density at radius 3 is 2.27 bits per heavy atom. The van der Waals surface area contributed by atoms with Crippen molar-refractivity contribution in [2.24, 2.45) is 16.1 Å². The topological polar surface area (TPSA) is 105 Å². The van der Waals surface area contributed by atoms with Gasteiger partial charge in [-0.05, 0) is 115 Å². The molecule has 0 spiro atoms. The van der Waals surface area contributed by atoms with Crippen LogP contribution in [0.4, 0.5) is 11.4 Å². The summed E-state index contributed by atoms with van der Waals surface area (Å²) in [6, 6.07) is 12.3. The van der Waals surface area contributed by atoms with Crippen molar-refractivity contribution < 1.29 is 19.4 Å². The zero-order chi connectivity index (χ0) is 32.4. The lowest BCUT2D eigenvalue weighted by atomic mass is 9.91. The van der Waals surface area contributed by atoms with Gasteiger partial charge in [-0.2, -0.15) is 5.11 Å². The highest BCUT2D eigenvalue weighted by Crippen LogP contribution is 2.29. The van der Waals surface area contributed by atoms with E-state index in [0.29, 0.717) is 36.7 Å². The first kappa shape index (κ1) is 37.4. The van der Waals surface area contributed by atoms with Crippen LogP contribution in [-0.4, -0.2) is 55.6 Å². The third kappa shape index (κ3) is 14.8. The summed E-state index contributed by atoms with van der Waals surface area (Å²) in [4.78, 5) is 12.6. The van der Waals surface area contributed by atoms with Crippen molar-refractivity contribution in [1.82, 2.24) is 10.6 Å². The molecule has 0 fully saturated rings. The van der Waals surface area contributed by atoms with Gasteiger partial charge < -0.3 is 25.2 Å². The van der Waals surface area contributed by atoms with Gasteiger partial charge in [-0.3, -0.25) is 4.79 Å². The third-order valence-electron chi connectivity index (χ3n) is 8.07. The van der Waals surface area contributed by atoms with Crippen LogP contribution in [0.15, 0.2) is 52.7 Å². The average molecular weight is 611 g/mol. The number of aromatic hydroxyl groups is 1. The number of phenols is 1. The zero-order valence-electron chi connectivity index (χ0n) is 28.4. The van der Waals surface area contributed by atoms with Gasteiger partial charge in [-0.25, -0.2) is 0 Å². The van der Waals surface area contributed by atoms with Crippen LogP contribution in [0.5, 0.6) is 5.75 Å². The molecule has 0 aromatic heterocycles. The van der Waals surface area contributed by atoms with E-state index in [0.717, 1.165) is 43.7 Å². The summed E-state index contributed by atoms with van der Waals surface area (Å²) in [6.07, 6.45) is 9.83. The summed E-state index contributed by atoms with van der Waals surface area (Å²) in [5, 5.41) is 24.6. The van der Waals surface area contributed by atoms with Crippen molar-refractivity contribution in [3.8, 4) is 5.75 Å². The van der Waals surface area contributed by atoms with E-state index in [1.807, 2.05) is 19.2 Å². The molecule has 2 aromatic carbocycles. The smallest absolute Gasteiger partial charge is 0.251 e. The minimum atomic E-state index is -0.288. The molecule has 0 aliphatic rings. The molecule has 44 heavy (non-hydrogen) atoms. The molecule has 8 heteroatoms. The number of azo groups is 1. The highest BCUT2D eigenvalue weighted by molar-refractivity contribution is 5.94. The van der Waals surface area contributed by atoms with Crippen LogP contribution in [0, 0.1) is 5.92 Å². The first-order valence-corrected chi connectivity index (χ1v) is 16.5. The van der Waals surface area contributed by atoms with Crippen molar-refractivity contribution in [1.29, 1.82) is 0 Å². The lowest BCUT2D eigenvalue weighted by Gasteiger charge is -2.30. The second-order valence-electron chi connectivity index (χ2n) is 13.0. The molecule has 3 N–H and O–H groups in total. The minimum Gasteiger partial charge on any atom is -0.506 e. The highest BCUT2D eigenvalue weighted by atomic mass is 16.5. The number of hydrogen-bond donors (Lipinski definition) is 3. The van der Waals surface area contributed by atoms with Gasteiger partial charge in [0, 0.05) is 18.7 Å². The van der Waals surface area contributed by atoms with E-state index in [4.69, 9.17) is 9.47 Å². The fourth-order valence-electron chi connectivity index (χ4n) is 5.08. The molecule has 0 saturated carbocycles. The maximum atomic E-state index is 12.6. The van der Waals surface area contributed by atoms with E-state index >= 15 is 0 Å². The van der Waals surface area contributed by atoms with Crippen LogP contribution in [0.1, 0.15) is 109 Å². The largest absolute Gasteiger partial charge is 0.506 e. The van der Waals surface area contributed by atoms with Crippen LogP contribution in [0.25, 0.3) is 0 Å². The second kappa shape index (κ2) is 19.6. The van der Waals surface area contributed by atoms with Crippen molar-refractivity contribution in [3.05, 3.63) is 53.6 Å². The number of ether oxygens (including phenoxy) is 2. The molecule has 1 amide bonds. The molecule has 1 unspecified atom stereocenters. The number of nitrogens with one attached hydrogen (secondary N) is 2. The van der Waals surface area contributed by atoms with Gasteiger partial charge in [0.2, 0.25) is 0 Å². The van der Waals surface area contributed by atoms with E-state index in [1.54, 1.807) is 30.3 Å². The lowest BCUT2D eigenvalue weighted by Crippen LogP contribution is -2.32. The van der Waals surface area contributed by atoms with Gasteiger partial charge >= 0.3 is 0 Å². The molecule has 2 aromatic rings. The number of hydrogen-bond acceptors (Lipinski definition) is 7. The van der Waals surface area contributed by atoms with Crippen molar-refractivity contribution >= 4 is 17.3 Å². The van der Waals surface area contributed by atoms with Gasteiger partial charge in [0.15, 0.2) is 0 Å². The van der Waals surface area contributed by atoms with E-state index < -0.39 is 0 Å². The molecule has 1 atom stereocenters. The predicted molar refractivity (Wildman–Crippen MR) is 181 cm³/mol. The predicted octanol–water partition coefficient (Wildman–Crippen LogP) is 8.67. The molecule has 8 nitrogen and oxygen atoms in total. The second-order valence-corrected chi connectivity index (χ2v) is 13.0. The first-order chi connectivity index (χ1) is 21.0. The maximum Gasteiger partial charge on any atom is 0.251 e. The molecular formula is C36H58N4O4. The Hall–Kier alpha value is -2.81. The number of likely N-dealkylation sites (N-methyl/N-ethyl adjacent to an activating group) is 1. The molecule has 0 saturated heterocycles. The van der Waals surface area contributed by atoms with Gasteiger partial charge in [0.25, 0.3) is 5.91 Å². The number of carbonyl (C=O) groups excluding carboxylic acids is 1. The Morgan fingerprint density at radius 1 is 0.886 bits per heavy atom. The molecule has 2 rings (SSSR count). The van der Waals surface area contributed by atoms with Gasteiger partial charge in [0.1, 0.15) is 11.4 Å². The molecule has 0 bridgehead atoms. The zero-order valence-corrected chi connectivity index (χ0v) is 28.4. The fourth-order valence-corrected chi connectivity index (χ4v) is 5.08. The number of nitrogens with zero attached hydrogens (tertiary/aromatic N) is 2. The van der Waals surface area contributed by atoms with Crippen LogP contribution in [-0.2, 0) is 15.9 Å². The van der Waals surface area contributed by atoms with Gasteiger partial charge in [0.05, 0.1) is 23.5 Å². The SMILES string of the molecule is CCCC(CC)CCCC(C)(C)OCCC(C)(C)OCCCNC(=O)c1ccc(N=Nc2cc(CCNC)ccc2O)cc1. The molecule has 0 aliphatic carbocycles. The summed E-state index contributed by atoms with van der Waals surface area (Å²) < 4.78 is 12.4. The summed E-state index contributed by atoms with van der Waals surface area (Å²) in [7, 11) is 1.90. The minimum absolute atomic E-state index is 0.0798. The van der Waals surface area contributed by atoms with Gasteiger partial charge in [-0.1, -0.05) is 52.0 Å². The summed E-state index contributed by atoms with van der Waals surface area (Å²) >= 11 is 0. The van der Waals surface area contributed by atoms with Crippen LogP contribution < -0.4 is 10.6 Å². The molecule has 0 radical (unpaired) electrons. The number of rotatable bonds is 22. The first-order valence-electron chi connectivity index (χ1n) is 16.5. The van der Waals surface area contributed by atoms with E-state index in [1.165, 1.54) is 32.1 Å². The summed E-state index contributed by atoms with van der Waals surface area (Å²) in [5.74, 6) is 0.782. The molecule has 246 valence electrons. The molecule has 0 aliphatic heterocycles. The summed E-state index contributed by atoms with van der Waals surface area (Å²) in [5.41, 5.74) is 2.23. The standard InChI is InChI=1S/C36H58N4O4/c1-8-12-28(9-2)13-10-21-35(3,4)44-26-22-36(5,6)43-25-11-23-38-34(42)30-15-17-31(18-16-30)39-40-32-27-29(20-24-37-7)14-19-33(32)41/h14-19,27-28,37,41H,8-13,20-26H2,1-7H3,(H,38,42). The normalized spacial score (nSPS) is 13.0. The van der Waals surface area contributed by atoms with E-state index in [-0.39, 0.29) is 22.9 Å². The summed E-state index contributed by atoms with van der Waals surface area (Å²) in [6.45, 7) is 15.8. The van der Waals surface area contributed by atoms with Crippen LogP contribution in [0.2, 0.25) is 0 Å². The number of phenolic OH excluding ortho intramolecular Hbond substituents is 1. The molecule has 0 heterocycles. The Morgan fingerprint density at radius 2 is 1.59 bits per heavy atom. The quantitative estimate of drug-likeness (QED) is 0.0914. The number of carbonyl (C=O) groups is 1. The number of benzene rings is 2. The van der Waals surface area contributed by atoms with Crippen molar-refractivity contribution in [2.45, 2.75) is 111 Å². The Labute approximate surface area is 266 Å². The van der Waals surface area contributed by atoms with E-state index in [9.17, 15) is 9.90 Å². The Balaban J connectivity index is 1.68. The van der Waals surface area contributed by atoms with Crippen LogP contribution >= 0.6 is 0 Å². The van der Waals surface area contributed by atoms with Crippen molar-refractivity contribution in [2.75, 3.05) is 33.4 Å². The molecular weight excluding hydrogens is 552 g/mol. The van der Waals surface area contributed by atoms with E-state index in [2.05, 4.69) is 62.4 Å². The Bertz CT molecular complexity index is 1130. The third-order valence-corrected chi connectivity index (χ3v) is 8.07. The monoisotopic (exact) mass is 610 g/mol. The lowest BCUT2D eigenvalue weighted by molar-refractivity contribution is -0.0752.